The number of nitrogens with zero attached hydrogens (tertiary/aromatic N) is 2. The molecule has 0 aromatic carbocycles. The molecule has 29 heavy (non-hydrogen) atoms. The van der Waals surface area contributed by atoms with E-state index in [0.717, 1.165) is 58.4 Å². The lowest BCUT2D eigenvalue weighted by molar-refractivity contribution is -0.123. The molecule has 166 valence electrons. The van der Waals surface area contributed by atoms with Crippen molar-refractivity contribution in [3.05, 3.63) is 24.2 Å². The smallest absolute Gasteiger partial charge is 0.220 e. The van der Waals surface area contributed by atoms with Crippen molar-refractivity contribution in [3.63, 3.8) is 0 Å². The van der Waals surface area contributed by atoms with E-state index in [4.69, 9.17) is 10.2 Å². The van der Waals surface area contributed by atoms with Crippen LogP contribution >= 0.6 is 24.0 Å². The van der Waals surface area contributed by atoms with Crippen molar-refractivity contribution in [1.29, 1.82) is 0 Å². The van der Waals surface area contributed by atoms with E-state index in [9.17, 15) is 9.90 Å². The van der Waals surface area contributed by atoms with Crippen molar-refractivity contribution in [2.24, 2.45) is 16.6 Å². The van der Waals surface area contributed by atoms with Crippen molar-refractivity contribution in [3.8, 4) is 0 Å². The molecule has 0 radical (unpaired) electrons. The zero-order valence-electron chi connectivity index (χ0n) is 17.5. The van der Waals surface area contributed by atoms with Gasteiger partial charge in [0.2, 0.25) is 5.91 Å². The average molecular weight is 521 g/mol. The van der Waals surface area contributed by atoms with Gasteiger partial charge in [-0.3, -0.25) is 4.79 Å². The first-order valence-electron chi connectivity index (χ1n) is 10.2. The number of halogens is 1. The average Bonchev–Trinajstić information content (AvgIpc) is 3.22. The van der Waals surface area contributed by atoms with Gasteiger partial charge in [0.1, 0.15) is 11.4 Å². The predicted molar refractivity (Wildman–Crippen MR) is 125 cm³/mol. The Balaban J connectivity index is 0.00000420. The van der Waals surface area contributed by atoms with Crippen LogP contribution in [-0.2, 0) is 10.4 Å². The number of carbonyl (C=O) groups excluding carboxylic acids is 1. The Kier molecular flexibility index (Phi) is 11.6. The van der Waals surface area contributed by atoms with Crippen LogP contribution in [0.25, 0.3) is 0 Å². The van der Waals surface area contributed by atoms with Gasteiger partial charge in [-0.25, -0.2) is 4.99 Å². The van der Waals surface area contributed by atoms with Crippen LogP contribution in [0.4, 0.5) is 0 Å². The molecule has 5 N–H and O–H groups in total. The number of nitrogens with two attached hydrogens (primary N) is 1. The third-order valence-corrected chi connectivity index (χ3v) is 5.12. The van der Waals surface area contributed by atoms with Gasteiger partial charge < -0.3 is 30.8 Å². The van der Waals surface area contributed by atoms with Gasteiger partial charge in [-0.15, -0.1) is 24.0 Å². The molecule has 1 aromatic heterocycles. The molecule has 1 unspecified atom stereocenters. The Morgan fingerprint density at radius 1 is 1.38 bits per heavy atom. The van der Waals surface area contributed by atoms with Crippen LogP contribution in [0.15, 0.2) is 27.8 Å². The highest BCUT2D eigenvalue weighted by Gasteiger charge is 2.26. The zero-order valence-corrected chi connectivity index (χ0v) is 19.9. The molecule has 2 rings (SSSR count). The number of guanidine groups is 1. The van der Waals surface area contributed by atoms with Crippen LogP contribution in [0.5, 0.6) is 0 Å². The number of carbonyl (C=O) groups is 1. The summed E-state index contributed by atoms with van der Waals surface area (Å²) in [5.74, 6) is 1.09. The molecule has 1 aromatic rings. The van der Waals surface area contributed by atoms with Gasteiger partial charge in [0, 0.05) is 19.0 Å². The maximum Gasteiger partial charge on any atom is 0.220 e. The summed E-state index contributed by atoms with van der Waals surface area (Å²) < 4.78 is 5.29. The second-order valence-electron chi connectivity index (χ2n) is 7.60. The molecule has 0 saturated carbocycles. The highest BCUT2D eigenvalue weighted by atomic mass is 127. The summed E-state index contributed by atoms with van der Waals surface area (Å²) in [6, 6.07) is 3.51. The fourth-order valence-corrected chi connectivity index (χ4v) is 3.35. The Hall–Kier alpha value is -1.33. The first-order valence-corrected chi connectivity index (χ1v) is 10.2. The van der Waals surface area contributed by atoms with E-state index >= 15 is 0 Å². The van der Waals surface area contributed by atoms with E-state index in [1.54, 1.807) is 25.3 Å². The SMILES string of the molecule is CCNC(=NCC(C)(O)c1ccco1)NCCCCN1CCC(C(N)=O)CC1.I. The first-order chi connectivity index (χ1) is 13.4. The quantitative estimate of drug-likeness (QED) is 0.161. The summed E-state index contributed by atoms with van der Waals surface area (Å²) in [4.78, 5) is 18.1. The largest absolute Gasteiger partial charge is 0.466 e. The van der Waals surface area contributed by atoms with Crippen molar-refractivity contribution < 1.29 is 14.3 Å². The molecule has 1 amide bonds. The number of furan rings is 1. The highest BCUT2D eigenvalue weighted by molar-refractivity contribution is 14.0. The summed E-state index contributed by atoms with van der Waals surface area (Å²) in [5.41, 5.74) is 4.24. The number of amides is 1. The van der Waals surface area contributed by atoms with Crippen LogP contribution in [0, 0.1) is 5.92 Å². The van der Waals surface area contributed by atoms with E-state index < -0.39 is 5.60 Å². The van der Waals surface area contributed by atoms with Gasteiger partial charge in [0.05, 0.1) is 12.8 Å². The van der Waals surface area contributed by atoms with Crippen LogP contribution < -0.4 is 16.4 Å². The van der Waals surface area contributed by atoms with E-state index in [2.05, 4.69) is 20.5 Å². The lowest BCUT2D eigenvalue weighted by Gasteiger charge is -2.30. The number of nitrogens with one attached hydrogen (secondary N) is 2. The summed E-state index contributed by atoms with van der Waals surface area (Å²) >= 11 is 0. The van der Waals surface area contributed by atoms with Gasteiger partial charge in [-0.2, -0.15) is 0 Å². The number of aliphatic hydroxyl groups is 1. The van der Waals surface area contributed by atoms with Crippen LogP contribution in [0.1, 0.15) is 45.3 Å². The van der Waals surface area contributed by atoms with Crippen molar-refractivity contribution >= 4 is 35.8 Å². The molecule has 1 aliphatic rings. The minimum Gasteiger partial charge on any atom is -0.466 e. The molecule has 1 saturated heterocycles. The molecule has 0 aliphatic carbocycles. The predicted octanol–water partition coefficient (Wildman–Crippen LogP) is 1.64. The summed E-state index contributed by atoms with van der Waals surface area (Å²) in [6.07, 6.45) is 5.40. The maximum absolute atomic E-state index is 11.2. The zero-order chi connectivity index (χ0) is 20.4. The first kappa shape index (κ1) is 25.7. The standard InChI is InChI=1S/C20H35N5O3.HI/c1-3-22-19(24-15-20(2,27)17-7-6-14-28-17)23-10-4-5-11-25-12-8-16(9-13-25)18(21)26;/h6-7,14,16,27H,3-5,8-13,15H2,1-2H3,(H2,21,26)(H2,22,23,24);1H. The summed E-state index contributed by atoms with van der Waals surface area (Å²) in [7, 11) is 0. The minimum absolute atomic E-state index is 0. The number of rotatable bonds is 10. The highest BCUT2D eigenvalue weighted by Crippen LogP contribution is 2.21. The monoisotopic (exact) mass is 521 g/mol. The Morgan fingerprint density at radius 3 is 2.69 bits per heavy atom. The number of hydrogen-bond acceptors (Lipinski definition) is 5. The molecule has 1 aliphatic heterocycles. The van der Waals surface area contributed by atoms with Gasteiger partial charge in [-0.05, 0) is 71.3 Å². The molecule has 0 spiro atoms. The van der Waals surface area contributed by atoms with Gasteiger partial charge in [0.25, 0.3) is 0 Å². The topological polar surface area (TPSA) is 116 Å². The minimum atomic E-state index is -1.14. The summed E-state index contributed by atoms with van der Waals surface area (Å²) in [5, 5.41) is 17.0. The third kappa shape index (κ3) is 8.91. The third-order valence-electron chi connectivity index (χ3n) is 5.12. The van der Waals surface area contributed by atoms with E-state index in [1.807, 2.05) is 6.92 Å². The number of hydrogen-bond donors (Lipinski definition) is 4. The number of likely N-dealkylation sites (tertiary alicyclic amines) is 1. The Labute approximate surface area is 190 Å². The molecular weight excluding hydrogens is 485 g/mol. The van der Waals surface area contributed by atoms with Gasteiger partial charge in [-0.1, -0.05) is 0 Å². The van der Waals surface area contributed by atoms with Gasteiger partial charge >= 0.3 is 0 Å². The van der Waals surface area contributed by atoms with Crippen molar-refractivity contribution in [1.82, 2.24) is 15.5 Å². The van der Waals surface area contributed by atoms with E-state index in [-0.39, 0.29) is 42.3 Å². The lowest BCUT2D eigenvalue weighted by Crippen LogP contribution is -2.40. The maximum atomic E-state index is 11.2. The normalized spacial score (nSPS) is 18.0. The van der Waals surface area contributed by atoms with Gasteiger partial charge in [0.15, 0.2) is 5.96 Å². The van der Waals surface area contributed by atoms with Crippen molar-refractivity contribution in [2.75, 3.05) is 39.3 Å². The summed E-state index contributed by atoms with van der Waals surface area (Å²) in [6.45, 7) is 8.42. The van der Waals surface area contributed by atoms with E-state index in [0.29, 0.717) is 11.7 Å². The number of unbranched alkanes of at least 4 members (excludes halogenated alkanes) is 1. The number of aliphatic imine (C=N–C) groups is 1. The second-order valence-corrected chi connectivity index (χ2v) is 7.60. The molecule has 1 fully saturated rings. The Bertz CT molecular complexity index is 614. The van der Waals surface area contributed by atoms with Crippen molar-refractivity contribution in [2.45, 2.75) is 45.1 Å². The Morgan fingerprint density at radius 2 is 2.10 bits per heavy atom. The molecule has 2 heterocycles. The fourth-order valence-electron chi connectivity index (χ4n) is 3.35. The second kappa shape index (κ2) is 13.1. The van der Waals surface area contributed by atoms with Crippen LogP contribution in [0.3, 0.4) is 0 Å². The lowest BCUT2D eigenvalue weighted by atomic mass is 9.96. The molecule has 8 nitrogen and oxygen atoms in total. The molecule has 9 heteroatoms. The molecular formula is C20H36IN5O3. The van der Waals surface area contributed by atoms with E-state index in [1.165, 1.54) is 0 Å². The van der Waals surface area contributed by atoms with Crippen LogP contribution in [0.2, 0.25) is 0 Å². The number of primary amides is 1. The fraction of sp³-hybridized carbons (Fsp3) is 0.700. The number of piperidine rings is 1. The van der Waals surface area contributed by atoms with Crippen LogP contribution in [-0.4, -0.2) is 61.1 Å². The molecule has 0 bridgehead atoms. The molecule has 1 atom stereocenters.